The fourth-order valence-corrected chi connectivity index (χ4v) is 3.96. The Hall–Kier alpha value is -2.99. The number of nitrogens with zero attached hydrogens (tertiary/aromatic N) is 3. The maximum absolute atomic E-state index is 12.8. The molecular weight excluding hydrogens is 382 g/mol. The van der Waals surface area contributed by atoms with Gasteiger partial charge in [-0.15, -0.1) is 5.10 Å². The Balaban J connectivity index is 1.66. The van der Waals surface area contributed by atoms with Gasteiger partial charge in [-0.3, -0.25) is 4.79 Å². The van der Waals surface area contributed by atoms with Crippen LogP contribution >= 0.6 is 11.3 Å². The lowest BCUT2D eigenvalue weighted by molar-refractivity contribution is 0.305. The second kappa shape index (κ2) is 8.57. The third-order valence-electron chi connectivity index (χ3n) is 4.70. The van der Waals surface area contributed by atoms with Crippen molar-refractivity contribution in [3.63, 3.8) is 0 Å². The molecule has 2 heterocycles. The van der Waals surface area contributed by atoms with E-state index in [0.29, 0.717) is 21.9 Å². The molecule has 0 fully saturated rings. The van der Waals surface area contributed by atoms with Gasteiger partial charge in [0.15, 0.2) is 5.82 Å². The highest BCUT2D eigenvalue weighted by Gasteiger charge is 2.12. The molecule has 148 valence electrons. The van der Waals surface area contributed by atoms with Gasteiger partial charge in [-0.2, -0.15) is 9.50 Å². The predicted octanol–water partition coefficient (Wildman–Crippen LogP) is 4.24. The SMILES string of the molecule is CCCCCOc1ccccc1/C=c1/sc2nc(-c3ccc(C)cc3)nn2c1=O. The van der Waals surface area contributed by atoms with E-state index >= 15 is 0 Å². The van der Waals surface area contributed by atoms with Crippen LogP contribution in [-0.2, 0) is 0 Å². The number of ether oxygens (including phenoxy) is 1. The van der Waals surface area contributed by atoms with E-state index in [9.17, 15) is 4.79 Å². The molecule has 5 nitrogen and oxygen atoms in total. The predicted molar refractivity (Wildman–Crippen MR) is 118 cm³/mol. The number of unbranched alkanes of at least 4 members (excludes halogenated alkanes) is 2. The van der Waals surface area contributed by atoms with Crippen LogP contribution in [0.5, 0.6) is 5.75 Å². The van der Waals surface area contributed by atoms with Crippen LogP contribution in [0.1, 0.15) is 37.3 Å². The summed E-state index contributed by atoms with van der Waals surface area (Å²) < 4.78 is 7.91. The Kier molecular flexibility index (Phi) is 5.71. The zero-order valence-electron chi connectivity index (χ0n) is 16.6. The first-order valence-electron chi connectivity index (χ1n) is 9.86. The minimum atomic E-state index is -0.156. The summed E-state index contributed by atoms with van der Waals surface area (Å²) in [7, 11) is 0. The van der Waals surface area contributed by atoms with Gasteiger partial charge < -0.3 is 4.74 Å². The molecule has 0 atom stereocenters. The first-order valence-corrected chi connectivity index (χ1v) is 10.7. The van der Waals surface area contributed by atoms with Crippen LogP contribution in [0.3, 0.4) is 0 Å². The highest BCUT2D eigenvalue weighted by Crippen LogP contribution is 2.20. The van der Waals surface area contributed by atoms with Gasteiger partial charge >= 0.3 is 0 Å². The van der Waals surface area contributed by atoms with Gasteiger partial charge in [0.05, 0.1) is 11.1 Å². The number of hydrogen-bond donors (Lipinski definition) is 0. The molecule has 0 radical (unpaired) electrons. The summed E-state index contributed by atoms with van der Waals surface area (Å²) in [6, 6.07) is 15.8. The van der Waals surface area contributed by atoms with Gasteiger partial charge in [-0.05, 0) is 25.5 Å². The van der Waals surface area contributed by atoms with Crippen LogP contribution in [0.15, 0.2) is 53.3 Å². The number of para-hydroxylation sites is 1. The number of hydrogen-bond acceptors (Lipinski definition) is 5. The van der Waals surface area contributed by atoms with Crippen molar-refractivity contribution < 1.29 is 4.74 Å². The normalized spacial score (nSPS) is 12.0. The fraction of sp³-hybridized carbons (Fsp3) is 0.261. The maximum atomic E-state index is 12.8. The topological polar surface area (TPSA) is 56.5 Å². The first kappa shape index (κ1) is 19.3. The molecule has 0 saturated carbocycles. The summed E-state index contributed by atoms with van der Waals surface area (Å²) in [5.41, 5.74) is 2.81. The molecule has 4 aromatic rings. The quantitative estimate of drug-likeness (QED) is 0.432. The summed E-state index contributed by atoms with van der Waals surface area (Å²) in [5.74, 6) is 1.36. The van der Waals surface area contributed by atoms with E-state index in [4.69, 9.17) is 4.74 Å². The summed E-state index contributed by atoms with van der Waals surface area (Å²) >= 11 is 1.34. The molecule has 0 aliphatic carbocycles. The molecule has 0 amide bonds. The Bertz CT molecular complexity index is 1230. The van der Waals surface area contributed by atoms with Crippen molar-refractivity contribution in [1.29, 1.82) is 0 Å². The minimum Gasteiger partial charge on any atom is -0.493 e. The zero-order chi connectivity index (χ0) is 20.2. The largest absolute Gasteiger partial charge is 0.493 e. The average Bonchev–Trinajstić information content (AvgIpc) is 3.27. The van der Waals surface area contributed by atoms with Crippen LogP contribution in [0.4, 0.5) is 0 Å². The summed E-state index contributed by atoms with van der Waals surface area (Å²) in [4.78, 5) is 18.0. The second-order valence-corrected chi connectivity index (χ2v) is 8.01. The van der Waals surface area contributed by atoms with Gasteiger partial charge in [-0.1, -0.05) is 79.1 Å². The molecule has 2 aromatic carbocycles. The monoisotopic (exact) mass is 405 g/mol. The Labute approximate surface area is 173 Å². The Morgan fingerprint density at radius 1 is 1.10 bits per heavy atom. The van der Waals surface area contributed by atoms with Crippen LogP contribution in [0, 0.1) is 6.92 Å². The van der Waals surface area contributed by atoms with Crippen molar-refractivity contribution in [2.45, 2.75) is 33.1 Å². The minimum absolute atomic E-state index is 0.156. The van der Waals surface area contributed by atoms with E-state index in [1.807, 2.05) is 61.5 Å². The smallest absolute Gasteiger partial charge is 0.291 e. The third kappa shape index (κ3) is 4.22. The molecule has 6 heteroatoms. The van der Waals surface area contributed by atoms with Crippen molar-refractivity contribution in [2.24, 2.45) is 0 Å². The van der Waals surface area contributed by atoms with Gasteiger partial charge in [0.25, 0.3) is 5.56 Å². The first-order chi connectivity index (χ1) is 14.2. The van der Waals surface area contributed by atoms with E-state index in [2.05, 4.69) is 17.0 Å². The third-order valence-corrected chi connectivity index (χ3v) is 5.66. The molecule has 4 rings (SSSR count). The van der Waals surface area contributed by atoms with Gasteiger partial charge in [0, 0.05) is 11.1 Å². The Morgan fingerprint density at radius 2 is 1.90 bits per heavy atom. The van der Waals surface area contributed by atoms with Gasteiger partial charge in [0.2, 0.25) is 4.96 Å². The number of benzene rings is 2. The molecule has 0 unspecified atom stereocenters. The number of thiazole rings is 1. The number of aromatic nitrogens is 3. The van der Waals surface area contributed by atoms with Crippen molar-refractivity contribution in [3.05, 3.63) is 74.5 Å². The van der Waals surface area contributed by atoms with Crippen molar-refractivity contribution in [1.82, 2.24) is 14.6 Å². The highest BCUT2D eigenvalue weighted by atomic mass is 32.1. The summed E-state index contributed by atoms with van der Waals surface area (Å²) in [5, 5.41) is 4.42. The van der Waals surface area contributed by atoms with E-state index < -0.39 is 0 Å². The van der Waals surface area contributed by atoms with Crippen LogP contribution in [0.2, 0.25) is 0 Å². The average molecular weight is 406 g/mol. The second-order valence-electron chi connectivity index (χ2n) is 7.01. The molecule has 0 aliphatic heterocycles. The van der Waals surface area contributed by atoms with E-state index in [1.54, 1.807) is 0 Å². The van der Waals surface area contributed by atoms with Crippen molar-refractivity contribution in [3.8, 4) is 17.1 Å². The van der Waals surface area contributed by atoms with Crippen LogP contribution in [0.25, 0.3) is 22.4 Å². The molecule has 0 N–H and O–H groups in total. The molecule has 29 heavy (non-hydrogen) atoms. The van der Waals surface area contributed by atoms with E-state index in [1.165, 1.54) is 21.4 Å². The molecule has 0 aliphatic rings. The van der Waals surface area contributed by atoms with Crippen LogP contribution < -0.4 is 14.8 Å². The zero-order valence-corrected chi connectivity index (χ0v) is 17.4. The van der Waals surface area contributed by atoms with Gasteiger partial charge in [-0.25, -0.2) is 0 Å². The number of fused-ring (bicyclic) bond motifs is 1. The lowest BCUT2D eigenvalue weighted by atomic mass is 10.1. The summed E-state index contributed by atoms with van der Waals surface area (Å²) in [6.45, 7) is 4.88. The van der Waals surface area contributed by atoms with Crippen LogP contribution in [-0.4, -0.2) is 21.2 Å². The fourth-order valence-electron chi connectivity index (χ4n) is 3.07. The molecule has 0 bridgehead atoms. The van der Waals surface area contributed by atoms with E-state index in [-0.39, 0.29) is 5.56 Å². The molecule has 2 aromatic heterocycles. The molecule has 0 spiro atoms. The number of rotatable bonds is 7. The van der Waals surface area contributed by atoms with Crippen molar-refractivity contribution in [2.75, 3.05) is 6.61 Å². The number of aryl methyl sites for hydroxylation is 1. The standard InChI is InChI=1S/C23H23N3O2S/c1-3-4-7-14-28-19-9-6-5-8-18(19)15-20-22(27)26-23(29-20)24-21(25-26)17-12-10-16(2)11-13-17/h5-6,8-13,15H,3-4,7,14H2,1-2H3/b20-15+. The summed E-state index contributed by atoms with van der Waals surface area (Å²) in [6.07, 6.45) is 5.19. The molecular formula is C23H23N3O2S. The highest BCUT2D eigenvalue weighted by molar-refractivity contribution is 7.15. The molecule has 0 saturated heterocycles. The van der Waals surface area contributed by atoms with Crippen molar-refractivity contribution >= 4 is 22.4 Å². The van der Waals surface area contributed by atoms with E-state index in [0.717, 1.165) is 36.1 Å². The maximum Gasteiger partial charge on any atom is 0.291 e. The van der Waals surface area contributed by atoms with Gasteiger partial charge in [0.1, 0.15) is 5.75 Å². The lowest BCUT2D eigenvalue weighted by Gasteiger charge is -2.08. The Morgan fingerprint density at radius 3 is 2.66 bits per heavy atom. The lowest BCUT2D eigenvalue weighted by Crippen LogP contribution is -2.23.